The largest absolute Gasteiger partial charge is 0.491 e. The Morgan fingerprint density at radius 2 is 2.35 bits per heavy atom. The SMILES string of the molecule is CCC(O)COc1ccc2c(c1)CCC2NC. The van der Waals surface area contributed by atoms with E-state index >= 15 is 0 Å². The maximum absolute atomic E-state index is 9.46. The van der Waals surface area contributed by atoms with Crippen molar-refractivity contribution in [2.45, 2.75) is 38.3 Å². The van der Waals surface area contributed by atoms with Crippen LogP contribution in [-0.2, 0) is 6.42 Å². The molecule has 2 N–H and O–H groups in total. The predicted molar refractivity (Wildman–Crippen MR) is 68.4 cm³/mol. The summed E-state index contributed by atoms with van der Waals surface area (Å²) in [5.74, 6) is 0.869. The minimum atomic E-state index is -0.367. The number of rotatable bonds is 5. The van der Waals surface area contributed by atoms with Crippen LogP contribution >= 0.6 is 0 Å². The molecule has 0 aromatic heterocycles. The van der Waals surface area contributed by atoms with Gasteiger partial charge in [-0.1, -0.05) is 13.0 Å². The van der Waals surface area contributed by atoms with Crippen LogP contribution in [0.25, 0.3) is 0 Å². The van der Waals surface area contributed by atoms with Crippen LogP contribution < -0.4 is 10.1 Å². The summed E-state index contributed by atoms with van der Waals surface area (Å²) in [5, 5.41) is 12.8. The van der Waals surface area contributed by atoms with E-state index in [1.54, 1.807) is 0 Å². The highest BCUT2D eigenvalue weighted by Crippen LogP contribution is 2.33. The van der Waals surface area contributed by atoms with Crippen LogP contribution in [0.5, 0.6) is 5.75 Å². The van der Waals surface area contributed by atoms with Gasteiger partial charge in [-0.3, -0.25) is 0 Å². The zero-order valence-electron chi connectivity index (χ0n) is 10.6. The summed E-state index contributed by atoms with van der Waals surface area (Å²) >= 11 is 0. The molecular formula is C14H21NO2. The van der Waals surface area contributed by atoms with Gasteiger partial charge in [0.05, 0.1) is 6.10 Å². The number of benzene rings is 1. The Hall–Kier alpha value is -1.06. The third kappa shape index (κ3) is 2.79. The van der Waals surface area contributed by atoms with E-state index in [2.05, 4.69) is 17.4 Å². The first-order valence-electron chi connectivity index (χ1n) is 6.35. The highest BCUT2D eigenvalue weighted by molar-refractivity contribution is 5.40. The van der Waals surface area contributed by atoms with Crippen molar-refractivity contribution < 1.29 is 9.84 Å². The molecule has 94 valence electrons. The molecule has 0 spiro atoms. The van der Waals surface area contributed by atoms with Crippen molar-refractivity contribution in [1.29, 1.82) is 0 Å². The van der Waals surface area contributed by atoms with E-state index in [4.69, 9.17) is 4.74 Å². The number of ether oxygens (including phenoxy) is 1. The maximum atomic E-state index is 9.46. The Kier molecular flexibility index (Phi) is 4.02. The van der Waals surface area contributed by atoms with Crippen molar-refractivity contribution >= 4 is 0 Å². The van der Waals surface area contributed by atoms with Crippen molar-refractivity contribution in [2.24, 2.45) is 0 Å². The van der Waals surface area contributed by atoms with Crippen LogP contribution in [0.1, 0.15) is 36.9 Å². The van der Waals surface area contributed by atoms with Crippen LogP contribution in [-0.4, -0.2) is 24.9 Å². The highest BCUT2D eigenvalue weighted by atomic mass is 16.5. The number of hydrogen-bond donors (Lipinski definition) is 2. The molecule has 3 nitrogen and oxygen atoms in total. The molecule has 0 saturated carbocycles. The molecule has 2 rings (SSSR count). The number of aliphatic hydroxyl groups excluding tert-OH is 1. The standard InChI is InChI=1S/C14H21NO2/c1-3-11(16)9-17-12-5-6-13-10(8-12)4-7-14(13)15-2/h5-6,8,11,14-16H,3-4,7,9H2,1-2H3. The first-order chi connectivity index (χ1) is 8.24. The molecule has 0 fully saturated rings. The third-order valence-corrected chi connectivity index (χ3v) is 3.45. The fraction of sp³-hybridized carbons (Fsp3) is 0.571. The van der Waals surface area contributed by atoms with Crippen LogP contribution in [0.2, 0.25) is 0 Å². The molecule has 2 atom stereocenters. The normalized spacial score (nSPS) is 20.1. The van der Waals surface area contributed by atoms with Crippen molar-refractivity contribution in [3.63, 3.8) is 0 Å². The molecule has 1 aromatic rings. The fourth-order valence-corrected chi connectivity index (χ4v) is 2.29. The molecule has 17 heavy (non-hydrogen) atoms. The number of hydrogen-bond acceptors (Lipinski definition) is 3. The van der Waals surface area contributed by atoms with E-state index in [9.17, 15) is 5.11 Å². The second kappa shape index (κ2) is 5.52. The minimum Gasteiger partial charge on any atom is -0.491 e. The van der Waals surface area contributed by atoms with E-state index in [0.717, 1.165) is 25.0 Å². The first-order valence-corrected chi connectivity index (χ1v) is 6.35. The van der Waals surface area contributed by atoms with E-state index < -0.39 is 0 Å². The van der Waals surface area contributed by atoms with Gasteiger partial charge in [0.2, 0.25) is 0 Å². The Morgan fingerprint density at radius 3 is 3.06 bits per heavy atom. The van der Waals surface area contributed by atoms with Crippen molar-refractivity contribution in [3.8, 4) is 5.75 Å². The molecule has 3 heteroatoms. The van der Waals surface area contributed by atoms with Crippen LogP contribution in [0.3, 0.4) is 0 Å². The van der Waals surface area contributed by atoms with Gasteiger partial charge in [-0.15, -0.1) is 0 Å². The number of nitrogens with one attached hydrogen (secondary N) is 1. The molecular weight excluding hydrogens is 214 g/mol. The third-order valence-electron chi connectivity index (χ3n) is 3.45. The average molecular weight is 235 g/mol. The first kappa shape index (κ1) is 12.4. The number of aliphatic hydroxyl groups is 1. The van der Waals surface area contributed by atoms with E-state index in [1.807, 2.05) is 20.0 Å². The topological polar surface area (TPSA) is 41.5 Å². The van der Waals surface area contributed by atoms with Crippen LogP contribution in [0.4, 0.5) is 0 Å². The van der Waals surface area contributed by atoms with Gasteiger partial charge in [0, 0.05) is 6.04 Å². The molecule has 1 aliphatic rings. The van der Waals surface area contributed by atoms with Gasteiger partial charge in [0.15, 0.2) is 0 Å². The lowest BCUT2D eigenvalue weighted by Gasteiger charge is -2.13. The zero-order chi connectivity index (χ0) is 12.3. The predicted octanol–water partition coefficient (Wildman–Crippen LogP) is 2.04. The summed E-state index contributed by atoms with van der Waals surface area (Å²) in [6.07, 6.45) is 2.63. The summed E-state index contributed by atoms with van der Waals surface area (Å²) in [6.45, 7) is 2.33. The second-order valence-electron chi connectivity index (χ2n) is 4.61. The number of aryl methyl sites for hydroxylation is 1. The molecule has 0 amide bonds. The Labute approximate surface area is 103 Å². The van der Waals surface area contributed by atoms with Gasteiger partial charge in [-0.05, 0) is 49.6 Å². The lowest BCUT2D eigenvalue weighted by molar-refractivity contribution is 0.104. The quantitative estimate of drug-likeness (QED) is 0.820. The van der Waals surface area contributed by atoms with Gasteiger partial charge in [-0.2, -0.15) is 0 Å². The molecule has 1 aliphatic carbocycles. The summed E-state index contributed by atoms with van der Waals surface area (Å²) in [6, 6.07) is 6.73. The lowest BCUT2D eigenvalue weighted by atomic mass is 10.1. The zero-order valence-corrected chi connectivity index (χ0v) is 10.6. The van der Waals surface area contributed by atoms with Crippen LogP contribution in [0.15, 0.2) is 18.2 Å². The Morgan fingerprint density at radius 1 is 1.53 bits per heavy atom. The van der Waals surface area contributed by atoms with Gasteiger partial charge < -0.3 is 15.2 Å². The molecule has 0 heterocycles. The monoisotopic (exact) mass is 235 g/mol. The second-order valence-corrected chi connectivity index (χ2v) is 4.61. The molecule has 0 radical (unpaired) electrons. The smallest absolute Gasteiger partial charge is 0.119 e. The fourth-order valence-electron chi connectivity index (χ4n) is 2.29. The minimum absolute atomic E-state index is 0.367. The summed E-state index contributed by atoms with van der Waals surface area (Å²) < 4.78 is 5.58. The summed E-state index contributed by atoms with van der Waals surface area (Å²) in [5.41, 5.74) is 2.75. The molecule has 1 aromatic carbocycles. The Bertz CT molecular complexity index is 378. The van der Waals surface area contributed by atoms with E-state index in [0.29, 0.717) is 12.6 Å². The molecule has 0 bridgehead atoms. The van der Waals surface area contributed by atoms with Gasteiger partial charge >= 0.3 is 0 Å². The molecule has 2 unspecified atom stereocenters. The molecule has 0 saturated heterocycles. The van der Waals surface area contributed by atoms with Crippen molar-refractivity contribution in [2.75, 3.05) is 13.7 Å². The Balaban J connectivity index is 2.03. The van der Waals surface area contributed by atoms with Gasteiger partial charge in [0.25, 0.3) is 0 Å². The summed E-state index contributed by atoms with van der Waals surface area (Å²) in [4.78, 5) is 0. The highest BCUT2D eigenvalue weighted by Gasteiger charge is 2.21. The van der Waals surface area contributed by atoms with Gasteiger partial charge in [-0.25, -0.2) is 0 Å². The lowest BCUT2D eigenvalue weighted by Crippen LogP contribution is -2.16. The van der Waals surface area contributed by atoms with E-state index in [1.165, 1.54) is 11.1 Å². The number of fused-ring (bicyclic) bond motifs is 1. The maximum Gasteiger partial charge on any atom is 0.119 e. The van der Waals surface area contributed by atoms with E-state index in [-0.39, 0.29) is 6.10 Å². The van der Waals surface area contributed by atoms with Gasteiger partial charge in [0.1, 0.15) is 12.4 Å². The van der Waals surface area contributed by atoms with Crippen molar-refractivity contribution in [3.05, 3.63) is 29.3 Å². The molecule has 0 aliphatic heterocycles. The van der Waals surface area contributed by atoms with Crippen molar-refractivity contribution in [1.82, 2.24) is 5.32 Å². The summed E-state index contributed by atoms with van der Waals surface area (Å²) in [7, 11) is 2.00. The van der Waals surface area contributed by atoms with Crippen LogP contribution in [0, 0.1) is 0 Å². The average Bonchev–Trinajstić information content (AvgIpc) is 2.78.